The molecule has 214 valence electrons. The van der Waals surface area contributed by atoms with E-state index >= 15 is 0 Å². The Balaban J connectivity index is 0.000000732. The maximum atomic E-state index is 9.41. The highest BCUT2D eigenvalue weighted by Crippen LogP contribution is 2.43. The molecule has 0 aliphatic heterocycles. The summed E-state index contributed by atoms with van der Waals surface area (Å²) in [5.74, 6) is 4.99. The zero-order valence-electron chi connectivity index (χ0n) is 25.2. The summed E-state index contributed by atoms with van der Waals surface area (Å²) < 4.78 is 0. The van der Waals surface area contributed by atoms with E-state index in [2.05, 4.69) is 50.1 Å². The van der Waals surface area contributed by atoms with Crippen LogP contribution >= 0.6 is 0 Å². The van der Waals surface area contributed by atoms with Gasteiger partial charge in [0, 0.05) is 6.04 Å². The number of benzene rings is 1. The second-order valence-electron chi connectivity index (χ2n) is 13.1. The van der Waals surface area contributed by atoms with Crippen LogP contribution in [-0.2, 0) is 11.2 Å². The minimum absolute atomic E-state index is 0.574. The highest BCUT2D eigenvalue weighted by Gasteiger charge is 2.30. The number of carbonyl (C=O) groups excluding carboxylic acids is 1. The van der Waals surface area contributed by atoms with E-state index in [1.54, 1.807) is 43.7 Å². The van der Waals surface area contributed by atoms with E-state index in [0.29, 0.717) is 5.57 Å². The van der Waals surface area contributed by atoms with Crippen LogP contribution in [0.4, 0.5) is 0 Å². The molecule has 1 aromatic carbocycles. The molecule has 2 nitrogen and oxygen atoms in total. The van der Waals surface area contributed by atoms with Crippen molar-refractivity contribution in [3.8, 4) is 0 Å². The smallest absolute Gasteiger partial charge is 0.145 e. The fourth-order valence-electron chi connectivity index (χ4n) is 7.62. The zero-order valence-corrected chi connectivity index (χ0v) is 25.2. The van der Waals surface area contributed by atoms with Gasteiger partial charge in [-0.25, -0.2) is 0 Å². The number of aryl methyl sites for hydroxylation is 1. The summed E-state index contributed by atoms with van der Waals surface area (Å²) >= 11 is 0. The van der Waals surface area contributed by atoms with Crippen LogP contribution in [0, 0.1) is 23.7 Å². The molecule has 0 atom stereocenters. The number of rotatable bonds is 11. The monoisotopic (exact) mass is 521 g/mol. The summed E-state index contributed by atoms with van der Waals surface area (Å²) in [6.45, 7) is 7.30. The molecule has 4 rings (SSSR count). The zero-order chi connectivity index (χ0) is 27.2. The van der Waals surface area contributed by atoms with Gasteiger partial charge in [0.05, 0.1) is 0 Å². The maximum absolute atomic E-state index is 9.41. The summed E-state index contributed by atoms with van der Waals surface area (Å²) in [7, 11) is 2.12. The second-order valence-corrected chi connectivity index (χ2v) is 13.1. The van der Waals surface area contributed by atoms with E-state index in [4.69, 9.17) is 0 Å². The molecule has 1 N–H and O–H groups in total. The molecule has 3 saturated carbocycles. The fourth-order valence-corrected chi connectivity index (χ4v) is 7.62. The van der Waals surface area contributed by atoms with Gasteiger partial charge in [0.15, 0.2) is 0 Å². The number of hydrogen-bond acceptors (Lipinski definition) is 2. The van der Waals surface area contributed by atoms with Crippen molar-refractivity contribution in [3.05, 3.63) is 47.5 Å². The first-order chi connectivity index (χ1) is 18.5. The van der Waals surface area contributed by atoms with Crippen LogP contribution in [0.3, 0.4) is 0 Å². The van der Waals surface area contributed by atoms with Crippen molar-refractivity contribution in [1.29, 1.82) is 0 Å². The Bertz CT molecular complexity index is 774. The van der Waals surface area contributed by atoms with Crippen molar-refractivity contribution in [2.24, 2.45) is 23.7 Å². The minimum atomic E-state index is 0.574. The Morgan fingerprint density at radius 2 is 1.34 bits per heavy atom. The van der Waals surface area contributed by atoms with Gasteiger partial charge in [-0.15, -0.1) is 0 Å². The standard InChI is InChI=1S/C32H53N.C4H6O/c1-3-4-5-6-25-9-15-28(16-10-25)29-17-11-26(12-18-29)7-8-27-13-19-30(20-14-27)31-21-23-32(33-2)24-22-31;1-4(2)3-5/h13-14,19-20,25-26,28-29,31-33H,3-12,15-18,21-24H2,1-2H3;3H,1H2,2H3. The summed E-state index contributed by atoms with van der Waals surface area (Å²) in [5.41, 5.74) is 3.74. The van der Waals surface area contributed by atoms with Crippen molar-refractivity contribution >= 4 is 6.29 Å². The Kier molecular flexibility index (Phi) is 14.2. The fraction of sp³-hybridized carbons (Fsp3) is 0.750. The largest absolute Gasteiger partial charge is 0.317 e. The van der Waals surface area contributed by atoms with E-state index < -0.39 is 0 Å². The quantitative estimate of drug-likeness (QED) is 0.178. The summed E-state index contributed by atoms with van der Waals surface area (Å²) in [6.07, 6.45) is 26.9. The van der Waals surface area contributed by atoms with Gasteiger partial charge in [0.2, 0.25) is 0 Å². The predicted octanol–water partition coefficient (Wildman–Crippen LogP) is 9.82. The van der Waals surface area contributed by atoms with Gasteiger partial charge >= 0.3 is 0 Å². The van der Waals surface area contributed by atoms with Crippen LogP contribution in [-0.4, -0.2) is 19.4 Å². The predicted molar refractivity (Wildman–Crippen MR) is 165 cm³/mol. The van der Waals surface area contributed by atoms with Crippen LogP contribution in [0.2, 0.25) is 0 Å². The normalized spacial score (nSPS) is 29.7. The van der Waals surface area contributed by atoms with Gasteiger partial charge in [-0.3, -0.25) is 4.79 Å². The van der Waals surface area contributed by atoms with E-state index in [-0.39, 0.29) is 0 Å². The van der Waals surface area contributed by atoms with E-state index in [9.17, 15) is 4.79 Å². The Labute approximate surface area is 235 Å². The molecule has 3 aliphatic carbocycles. The Morgan fingerprint density at radius 1 is 0.816 bits per heavy atom. The van der Waals surface area contributed by atoms with Crippen LogP contribution in [0.25, 0.3) is 0 Å². The van der Waals surface area contributed by atoms with Gasteiger partial charge < -0.3 is 5.32 Å². The van der Waals surface area contributed by atoms with Crippen LogP contribution < -0.4 is 5.32 Å². The highest BCUT2D eigenvalue weighted by atomic mass is 16.1. The summed E-state index contributed by atoms with van der Waals surface area (Å²) in [6, 6.07) is 10.6. The average Bonchev–Trinajstić information content (AvgIpc) is 2.97. The first-order valence-electron chi connectivity index (χ1n) is 16.4. The molecule has 0 heterocycles. The summed E-state index contributed by atoms with van der Waals surface area (Å²) in [5, 5.41) is 3.46. The van der Waals surface area contributed by atoms with Gasteiger partial charge in [0.25, 0.3) is 0 Å². The van der Waals surface area contributed by atoms with E-state index in [1.807, 2.05) is 0 Å². The average molecular weight is 522 g/mol. The molecule has 3 aliphatic rings. The molecule has 38 heavy (non-hydrogen) atoms. The van der Waals surface area contributed by atoms with Crippen molar-refractivity contribution in [1.82, 2.24) is 5.32 Å². The van der Waals surface area contributed by atoms with E-state index in [1.165, 1.54) is 89.9 Å². The molecule has 0 bridgehead atoms. The SMILES string of the molecule is C=C(C)C=O.CCCCCC1CCC(C2CCC(CCc3ccc(C4CCC(NC)CC4)cc3)CC2)CC1. The first-order valence-corrected chi connectivity index (χ1v) is 16.4. The lowest BCUT2D eigenvalue weighted by atomic mass is 9.68. The van der Waals surface area contributed by atoms with Gasteiger partial charge in [-0.2, -0.15) is 0 Å². The molecule has 0 aromatic heterocycles. The lowest BCUT2D eigenvalue weighted by molar-refractivity contribution is -0.104. The summed E-state index contributed by atoms with van der Waals surface area (Å²) in [4.78, 5) is 9.41. The van der Waals surface area contributed by atoms with Crippen molar-refractivity contribution in [2.45, 2.75) is 141 Å². The van der Waals surface area contributed by atoms with Gasteiger partial charge in [-0.1, -0.05) is 89.1 Å². The Hall–Kier alpha value is -1.41. The number of nitrogens with one attached hydrogen (secondary N) is 1. The molecule has 0 amide bonds. The van der Waals surface area contributed by atoms with Gasteiger partial charge in [0.1, 0.15) is 6.29 Å². The third-order valence-electron chi connectivity index (χ3n) is 10.3. The van der Waals surface area contributed by atoms with Crippen LogP contribution in [0.1, 0.15) is 140 Å². The molecule has 3 fully saturated rings. The van der Waals surface area contributed by atoms with Crippen LogP contribution in [0.5, 0.6) is 0 Å². The number of unbranched alkanes of at least 4 members (excludes halogenated alkanes) is 2. The lowest BCUT2D eigenvalue weighted by Crippen LogP contribution is -2.29. The van der Waals surface area contributed by atoms with Crippen molar-refractivity contribution < 1.29 is 4.79 Å². The minimum Gasteiger partial charge on any atom is -0.317 e. The molecule has 0 saturated heterocycles. The molecule has 0 spiro atoms. The lowest BCUT2D eigenvalue weighted by Gasteiger charge is -2.38. The number of carbonyl (C=O) groups is 1. The van der Waals surface area contributed by atoms with Crippen molar-refractivity contribution in [2.75, 3.05) is 7.05 Å². The van der Waals surface area contributed by atoms with Crippen molar-refractivity contribution in [3.63, 3.8) is 0 Å². The number of allylic oxidation sites excluding steroid dienone is 1. The maximum Gasteiger partial charge on any atom is 0.145 e. The third kappa shape index (κ3) is 10.6. The van der Waals surface area contributed by atoms with Gasteiger partial charge in [-0.05, 0) is 124 Å². The molecular weight excluding hydrogens is 462 g/mol. The topological polar surface area (TPSA) is 29.1 Å². The first kappa shape index (κ1) is 31.1. The molecule has 0 unspecified atom stereocenters. The second kappa shape index (κ2) is 17.3. The molecule has 1 aromatic rings. The third-order valence-corrected chi connectivity index (χ3v) is 10.3. The van der Waals surface area contributed by atoms with Crippen LogP contribution in [0.15, 0.2) is 36.4 Å². The molecule has 0 radical (unpaired) electrons. The Morgan fingerprint density at radius 3 is 1.82 bits per heavy atom. The van der Waals surface area contributed by atoms with E-state index in [0.717, 1.165) is 41.9 Å². The molecule has 2 heteroatoms. The molecular formula is C36H59NO. The number of hydrogen-bond donors (Lipinski definition) is 1. The highest BCUT2D eigenvalue weighted by molar-refractivity contribution is 5.70. The number of aldehydes is 1.